The summed E-state index contributed by atoms with van der Waals surface area (Å²) in [6.07, 6.45) is 5.02. The normalized spacial score (nSPS) is 19.2. The van der Waals surface area contributed by atoms with E-state index in [1.807, 2.05) is 31.2 Å². The molecule has 0 bridgehead atoms. The molecule has 3 rings (SSSR count). The Labute approximate surface area is 174 Å². The molecular weight excluding hydrogens is 362 g/mol. The topological polar surface area (TPSA) is 47.2 Å². The molecule has 1 saturated heterocycles. The van der Waals surface area contributed by atoms with Gasteiger partial charge in [0, 0.05) is 0 Å². The molecule has 1 heterocycles. The van der Waals surface area contributed by atoms with Gasteiger partial charge in [0.05, 0.1) is 32.3 Å². The zero-order valence-electron chi connectivity index (χ0n) is 17.5. The van der Waals surface area contributed by atoms with Gasteiger partial charge in [0.1, 0.15) is 31.9 Å². The molecule has 0 aromatic heterocycles. The lowest BCUT2D eigenvalue weighted by Gasteiger charge is -2.29. The lowest BCUT2D eigenvalue weighted by Crippen LogP contribution is -3.28. The predicted octanol–water partition coefficient (Wildman–Crippen LogP) is 0.829. The zero-order chi connectivity index (χ0) is 20.5. The van der Waals surface area contributed by atoms with E-state index < -0.39 is 0 Å². The van der Waals surface area contributed by atoms with Gasteiger partial charge in [-0.3, -0.25) is 4.79 Å². The van der Waals surface area contributed by atoms with Crippen LogP contribution in [0.4, 0.5) is 5.69 Å². The van der Waals surface area contributed by atoms with Gasteiger partial charge in [0.2, 0.25) is 5.91 Å². The molecule has 0 saturated carbocycles. The molecule has 29 heavy (non-hydrogen) atoms. The molecule has 154 valence electrons. The van der Waals surface area contributed by atoms with Crippen LogP contribution in [-0.2, 0) is 4.79 Å². The number of hydrogen-bond acceptors (Lipinski definition) is 2. The lowest BCUT2D eigenvalue weighted by atomic mass is 10.2. The summed E-state index contributed by atoms with van der Waals surface area (Å²) in [6.45, 7) is 8.51. The number of aryl methyl sites for hydroxylation is 1. The Morgan fingerprint density at radius 2 is 1.79 bits per heavy atom. The minimum Gasteiger partial charge on any atom is -0.495 e. The molecule has 1 fully saturated rings. The molecule has 0 radical (unpaired) electrons. The number of carbonyl (C=O) groups excluding carboxylic acids is 1. The first-order valence-electron chi connectivity index (χ1n) is 10.5. The Bertz CT molecular complexity index is 812. The summed E-state index contributed by atoms with van der Waals surface area (Å²) in [6, 6.07) is 16.3. The molecule has 5 heteroatoms. The van der Waals surface area contributed by atoms with Crippen LogP contribution >= 0.6 is 0 Å². The predicted molar refractivity (Wildman–Crippen MR) is 118 cm³/mol. The summed E-state index contributed by atoms with van der Waals surface area (Å²) in [7, 11) is 1.63. The smallest absolute Gasteiger partial charge is 0.230 e. The summed E-state index contributed by atoms with van der Waals surface area (Å²) >= 11 is 0. The molecule has 0 spiro atoms. The van der Waals surface area contributed by atoms with Crippen molar-refractivity contribution in [3.8, 4) is 5.75 Å². The van der Waals surface area contributed by atoms with Gasteiger partial charge in [-0.1, -0.05) is 42.5 Å². The van der Waals surface area contributed by atoms with Crippen molar-refractivity contribution < 1.29 is 19.3 Å². The van der Waals surface area contributed by atoms with E-state index in [1.165, 1.54) is 10.5 Å². The molecule has 1 aliphatic rings. The fourth-order valence-electron chi connectivity index (χ4n) is 3.76. The highest BCUT2D eigenvalue weighted by Crippen LogP contribution is 2.25. The van der Waals surface area contributed by atoms with E-state index in [2.05, 4.69) is 41.7 Å². The van der Waals surface area contributed by atoms with Crippen molar-refractivity contribution in [1.82, 2.24) is 0 Å². The second-order valence-electron chi connectivity index (χ2n) is 7.77. The largest absolute Gasteiger partial charge is 0.495 e. The SMILES string of the molecule is COc1ccc(C)cc1NC(=O)CC[NH+]1CC[NH+](C/C=C/c2ccccc2)CC1. The third-order valence-corrected chi connectivity index (χ3v) is 5.52. The molecule has 5 nitrogen and oxygen atoms in total. The molecule has 3 N–H and O–H groups in total. The van der Waals surface area contributed by atoms with Gasteiger partial charge >= 0.3 is 0 Å². The van der Waals surface area contributed by atoms with Crippen LogP contribution < -0.4 is 19.9 Å². The van der Waals surface area contributed by atoms with E-state index in [0.717, 1.165) is 50.5 Å². The van der Waals surface area contributed by atoms with Crippen molar-refractivity contribution in [3.05, 3.63) is 65.7 Å². The fourth-order valence-corrected chi connectivity index (χ4v) is 3.76. The minimum atomic E-state index is 0.0574. The van der Waals surface area contributed by atoms with Gasteiger partial charge in [-0.05, 0) is 36.3 Å². The van der Waals surface area contributed by atoms with Crippen LogP contribution in [0.2, 0.25) is 0 Å². The van der Waals surface area contributed by atoms with Crippen LogP contribution in [0.1, 0.15) is 17.5 Å². The number of ether oxygens (including phenoxy) is 1. The van der Waals surface area contributed by atoms with Gasteiger partial charge in [-0.15, -0.1) is 0 Å². The Hall–Kier alpha value is -2.63. The van der Waals surface area contributed by atoms with Crippen molar-refractivity contribution in [2.75, 3.05) is 51.7 Å². The monoisotopic (exact) mass is 395 g/mol. The van der Waals surface area contributed by atoms with Crippen molar-refractivity contribution in [3.63, 3.8) is 0 Å². The lowest BCUT2D eigenvalue weighted by molar-refractivity contribution is -1.01. The van der Waals surface area contributed by atoms with E-state index >= 15 is 0 Å². The molecule has 2 aromatic carbocycles. The number of carbonyl (C=O) groups is 1. The maximum atomic E-state index is 12.4. The Morgan fingerprint density at radius 1 is 1.07 bits per heavy atom. The molecule has 0 atom stereocenters. The first-order chi connectivity index (χ1) is 14.1. The average Bonchev–Trinajstić information content (AvgIpc) is 2.74. The summed E-state index contributed by atoms with van der Waals surface area (Å²) in [5.74, 6) is 0.763. The number of quaternary nitrogens is 2. The molecule has 1 amide bonds. The third-order valence-electron chi connectivity index (χ3n) is 5.52. The van der Waals surface area contributed by atoms with Crippen molar-refractivity contribution >= 4 is 17.7 Å². The van der Waals surface area contributed by atoms with Crippen molar-refractivity contribution in [2.45, 2.75) is 13.3 Å². The van der Waals surface area contributed by atoms with Gasteiger partial charge in [-0.25, -0.2) is 0 Å². The van der Waals surface area contributed by atoms with E-state index in [1.54, 1.807) is 12.0 Å². The van der Waals surface area contributed by atoms with Crippen LogP contribution in [0.25, 0.3) is 6.08 Å². The summed E-state index contributed by atoms with van der Waals surface area (Å²) < 4.78 is 5.34. The summed E-state index contributed by atoms with van der Waals surface area (Å²) in [5.41, 5.74) is 3.12. The third kappa shape index (κ3) is 6.73. The minimum absolute atomic E-state index is 0.0574. The van der Waals surface area contributed by atoms with Gasteiger partial charge in [0.15, 0.2) is 0 Å². The number of anilines is 1. The maximum absolute atomic E-state index is 12.4. The summed E-state index contributed by atoms with van der Waals surface area (Å²) in [4.78, 5) is 15.5. The zero-order valence-corrected chi connectivity index (χ0v) is 17.5. The van der Waals surface area contributed by atoms with Crippen LogP contribution in [0.5, 0.6) is 5.75 Å². The number of amides is 1. The Kier molecular flexibility index (Phi) is 7.85. The number of piperazine rings is 1. The maximum Gasteiger partial charge on any atom is 0.230 e. The van der Waals surface area contributed by atoms with Crippen LogP contribution in [-0.4, -0.2) is 52.3 Å². The first kappa shape index (κ1) is 21.1. The van der Waals surface area contributed by atoms with Crippen LogP contribution in [0.15, 0.2) is 54.6 Å². The average molecular weight is 396 g/mol. The van der Waals surface area contributed by atoms with E-state index in [-0.39, 0.29) is 5.91 Å². The standard InChI is InChI=1S/C24H31N3O2/c1-20-10-11-23(29-2)22(19-20)25-24(28)12-14-27-17-15-26(16-18-27)13-6-9-21-7-4-3-5-8-21/h3-11,19H,12-18H2,1-2H3,(H,25,28)/p+2/b9-6+. The highest BCUT2D eigenvalue weighted by atomic mass is 16.5. The van der Waals surface area contributed by atoms with Crippen LogP contribution in [0, 0.1) is 6.92 Å². The van der Waals surface area contributed by atoms with Crippen LogP contribution in [0.3, 0.4) is 0 Å². The molecule has 1 aliphatic heterocycles. The Balaban J connectivity index is 1.37. The molecule has 2 aromatic rings. The fraction of sp³-hybridized carbons (Fsp3) is 0.375. The molecular formula is C24H33N3O2+2. The second kappa shape index (κ2) is 10.8. The Morgan fingerprint density at radius 3 is 2.52 bits per heavy atom. The van der Waals surface area contributed by atoms with Crippen molar-refractivity contribution in [2.24, 2.45) is 0 Å². The number of benzene rings is 2. The number of methoxy groups -OCH3 is 1. The van der Waals surface area contributed by atoms with Crippen molar-refractivity contribution in [1.29, 1.82) is 0 Å². The van der Waals surface area contributed by atoms with E-state index in [0.29, 0.717) is 12.2 Å². The van der Waals surface area contributed by atoms with Gasteiger partial charge in [0.25, 0.3) is 0 Å². The summed E-state index contributed by atoms with van der Waals surface area (Å²) in [5, 5.41) is 3.00. The van der Waals surface area contributed by atoms with E-state index in [4.69, 9.17) is 4.74 Å². The molecule has 0 aliphatic carbocycles. The number of rotatable bonds is 8. The second-order valence-corrected chi connectivity index (χ2v) is 7.77. The van der Waals surface area contributed by atoms with Gasteiger partial charge in [-0.2, -0.15) is 0 Å². The van der Waals surface area contributed by atoms with E-state index in [9.17, 15) is 4.79 Å². The highest BCUT2D eigenvalue weighted by molar-refractivity contribution is 5.92. The quantitative estimate of drug-likeness (QED) is 0.620. The molecule has 0 unspecified atom stereocenters. The number of hydrogen-bond donors (Lipinski definition) is 3. The first-order valence-corrected chi connectivity index (χ1v) is 10.5. The highest BCUT2D eigenvalue weighted by Gasteiger charge is 2.22. The van der Waals surface area contributed by atoms with Gasteiger partial charge < -0.3 is 19.9 Å². The number of nitrogens with one attached hydrogen (secondary N) is 3.